The monoisotopic (exact) mass is 163 g/mol. The average Bonchev–Trinajstić information content (AvgIpc) is 2.54. The molecule has 0 aromatic carbocycles. The van der Waals surface area contributed by atoms with E-state index < -0.39 is 0 Å². The lowest BCUT2D eigenvalue weighted by molar-refractivity contribution is 0.433. The molecule has 0 atom stereocenters. The molecule has 0 unspecified atom stereocenters. The number of nitrogens with two attached hydrogens (primary N) is 1. The van der Waals surface area contributed by atoms with Crippen molar-refractivity contribution in [3.63, 3.8) is 0 Å². The number of nitrogens with zero attached hydrogens (tertiary/aromatic N) is 2. The van der Waals surface area contributed by atoms with Crippen LogP contribution in [0.1, 0.15) is 18.7 Å². The molecule has 0 bridgehead atoms. The predicted octanol–water partition coefficient (Wildman–Crippen LogP) is 1.39. The van der Waals surface area contributed by atoms with Crippen molar-refractivity contribution in [3.8, 4) is 0 Å². The van der Waals surface area contributed by atoms with Crippen LogP contribution >= 0.6 is 0 Å². The molecule has 4 heteroatoms. The van der Waals surface area contributed by atoms with E-state index in [0.29, 0.717) is 5.82 Å². The molecular weight excluding hydrogens is 154 g/mol. The summed E-state index contributed by atoms with van der Waals surface area (Å²) < 4.78 is 4.66. The highest BCUT2D eigenvalue weighted by molar-refractivity contribution is 5.70. The fourth-order valence-corrected chi connectivity index (χ4v) is 1.13. The van der Waals surface area contributed by atoms with Crippen molar-refractivity contribution in [2.75, 3.05) is 5.73 Å². The van der Waals surface area contributed by atoms with Gasteiger partial charge in [-0.05, 0) is 12.8 Å². The first-order valence-corrected chi connectivity index (χ1v) is 3.82. The number of nitrogen functional groups attached to an aromatic ring is 1. The lowest BCUT2D eigenvalue weighted by atomic mass is 10.1. The minimum Gasteiger partial charge on any atom is -0.351 e. The second kappa shape index (κ2) is 2.81. The third-order valence-corrected chi connectivity index (χ3v) is 1.69. The largest absolute Gasteiger partial charge is 0.351 e. The molecule has 0 amide bonds. The summed E-state index contributed by atoms with van der Waals surface area (Å²) >= 11 is 0. The van der Waals surface area contributed by atoms with E-state index in [-0.39, 0.29) is 6.01 Å². The van der Waals surface area contributed by atoms with Gasteiger partial charge in [0, 0.05) is 5.57 Å². The molecule has 0 saturated carbocycles. The maximum absolute atomic E-state index is 5.29. The Morgan fingerprint density at radius 1 is 1.42 bits per heavy atom. The number of hydrogen-bond acceptors (Lipinski definition) is 4. The summed E-state index contributed by atoms with van der Waals surface area (Å²) in [5.41, 5.74) is 6.28. The highest BCUT2D eigenvalue weighted by Crippen LogP contribution is 2.18. The zero-order valence-corrected chi connectivity index (χ0v) is 6.53. The van der Waals surface area contributed by atoms with Crippen molar-refractivity contribution in [3.05, 3.63) is 24.1 Å². The van der Waals surface area contributed by atoms with Crippen molar-refractivity contribution in [2.24, 2.45) is 0 Å². The molecule has 4 nitrogen and oxygen atoms in total. The van der Waals surface area contributed by atoms with E-state index in [2.05, 4.69) is 26.8 Å². The van der Waals surface area contributed by atoms with E-state index in [1.54, 1.807) is 0 Å². The molecule has 0 saturated heterocycles. The Kier molecular flexibility index (Phi) is 1.66. The Hall–Kier alpha value is -1.58. The van der Waals surface area contributed by atoms with E-state index in [9.17, 15) is 0 Å². The number of hydrogen-bond donors (Lipinski definition) is 1. The van der Waals surface area contributed by atoms with Gasteiger partial charge in [0.1, 0.15) is 0 Å². The summed E-state index contributed by atoms with van der Waals surface area (Å²) in [5, 5.41) is 3.71. The summed E-state index contributed by atoms with van der Waals surface area (Å²) in [7, 11) is 0. The van der Waals surface area contributed by atoms with Crippen molar-refractivity contribution < 1.29 is 4.52 Å². The third-order valence-electron chi connectivity index (χ3n) is 1.69. The van der Waals surface area contributed by atoms with Crippen LogP contribution in [0.5, 0.6) is 0 Å². The molecule has 62 valence electrons. The first-order valence-electron chi connectivity index (χ1n) is 3.82. The highest BCUT2D eigenvalue weighted by atomic mass is 16.5. The number of anilines is 1. The van der Waals surface area contributed by atoms with Crippen LogP contribution in [-0.2, 0) is 0 Å². The molecule has 0 aliphatic heterocycles. The molecule has 0 fully saturated rings. The van der Waals surface area contributed by atoms with E-state index in [1.165, 1.54) is 0 Å². The van der Waals surface area contributed by atoms with Gasteiger partial charge in [-0.15, -0.1) is 0 Å². The van der Waals surface area contributed by atoms with Gasteiger partial charge >= 0.3 is 6.01 Å². The molecule has 0 radical (unpaired) electrons. The maximum atomic E-state index is 5.29. The van der Waals surface area contributed by atoms with Crippen LogP contribution < -0.4 is 5.73 Å². The quantitative estimate of drug-likeness (QED) is 0.679. The second-order valence-electron chi connectivity index (χ2n) is 2.60. The van der Waals surface area contributed by atoms with Gasteiger partial charge in [-0.3, -0.25) is 0 Å². The Labute approximate surface area is 69.8 Å². The maximum Gasteiger partial charge on any atom is 0.319 e. The lowest BCUT2D eigenvalue weighted by Gasteiger charge is -1.99. The van der Waals surface area contributed by atoms with Gasteiger partial charge in [0.25, 0.3) is 0 Å². The molecule has 2 N–H and O–H groups in total. The molecule has 1 aromatic heterocycles. The molecule has 1 heterocycles. The minimum atomic E-state index is 0.116. The normalized spacial score (nSPS) is 16.2. The standard InChI is InChI=1S/C8H9N3O/c9-8-10-7(11-12-8)6-4-2-1-3-5-6/h2,4-5H,1,3H2,(H2,9,10,11). The van der Waals surface area contributed by atoms with Gasteiger partial charge in [0.05, 0.1) is 0 Å². The minimum absolute atomic E-state index is 0.116. The van der Waals surface area contributed by atoms with E-state index in [1.807, 2.05) is 6.08 Å². The van der Waals surface area contributed by atoms with Crippen molar-refractivity contribution in [1.82, 2.24) is 10.1 Å². The van der Waals surface area contributed by atoms with Crippen LogP contribution in [0.25, 0.3) is 5.57 Å². The first-order chi connectivity index (χ1) is 5.86. The summed E-state index contributed by atoms with van der Waals surface area (Å²) in [6.45, 7) is 0. The molecule has 1 aliphatic rings. The summed E-state index contributed by atoms with van der Waals surface area (Å²) in [6, 6.07) is 0.116. The van der Waals surface area contributed by atoms with Crippen LogP contribution in [0.2, 0.25) is 0 Å². The molecule has 2 rings (SSSR count). The molecule has 0 spiro atoms. The van der Waals surface area contributed by atoms with Gasteiger partial charge in [-0.2, -0.15) is 4.98 Å². The lowest BCUT2D eigenvalue weighted by Crippen LogP contribution is -1.89. The average molecular weight is 163 g/mol. The first kappa shape index (κ1) is 7.09. The van der Waals surface area contributed by atoms with Gasteiger partial charge in [-0.1, -0.05) is 23.4 Å². The molecule has 12 heavy (non-hydrogen) atoms. The van der Waals surface area contributed by atoms with Crippen molar-refractivity contribution >= 4 is 11.6 Å². The fraction of sp³-hybridized carbons (Fsp3) is 0.250. The number of aromatic nitrogens is 2. The van der Waals surface area contributed by atoms with Gasteiger partial charge in [0.2, 0.25) is 5.82 Å². The number of allylic oxidation sites excluding steroid dienone is 4. The number of rotatable bonds is 1. The van der Waals surface area contributed by atoms with Crippen LogP contribution in [0.4, 0.5) is 6.01 Å². The van der Waals surface area contributed by atoms with Gasteiger partial charge in [0.15, 0.2) is 0 Å². The van der Waals surface area contributed by atoms with Crippen LogP contribution in [0.3, 0.4) is 0 Å². The second-order valence-corrected chi connectivity index (χ2v) is 2.60. The van der Waals surface area contributed by atoms with Crippen molar-refractivity contribution in [2.45, 2.75) is 12.8 Å². The van der Waals surface area contributed by atoms with Gasteiger partial charge in [-0.25, -0.2) is 0 Å². The van der Waals surface area contributed by atoms with Crippen LogP contribution in [0, 0.1) is 0 Å². The Morgan fingerprint density at radius 3 is 2.92 bits per heavy atom. The zero-order valence-electron chi connectivity index (χ0n) is 6.53. The van der Waals surface area contributed by atoms with Crippen LogP contribution in [-0.4, -0.2) is 10.1 Å². The predicted molar refractivity (Wildman–Crippen MR) is 45.1 cm³/mol. The van der Waals surface area contributed by atoms with Crippen molar-refractivity contribution in [1.29, 1.82) is 0 Å². The van der Waals surface area contributed by atoms with E-state index in [0.717, 1.165) is 18.4 Å². The van der Waals surface area contributed by atoms with Gasteiger partial charge < -0.3 is 10.3 Å². The summed E-state index contributed by atoms with van der Waals surface area (Å²) in [6.07, 6.45) is 8.25. The smallest absolute Gasteiger partial charge is 0.319 e. The molecule has 1 aliphatic carbocycles. The highest BCUT2D eigenvalue weighted by Gasteiger charge is 2.07. The zero-order chi connectivity index (χ0) is 8.39. The molecular formula is C8H9N3O. The van der Waals surface area contributed by atoms with E-state index in [4.69, 9.17) is 5.73 Å². The summed E-state index contributed by atoms with van der Waals surface area (Å²) in [4.78, 5) is 3.91. The van der Waals surface area contributed by atoms with E-state index >= 15 is 0 Å². The Balaban J connectivity index is 2.30. The SMILES string of the molecule is Nc1nc(C2=CCCC=C2)no1. The topological polar surface area (TPSA) is 64.9 Å². The fourth-order valence-electron chi connectivity index (χ4n) is 1.13. The molecule has 1 aromatic rings. The Bertz CT molecular complexity index is 338. The summed E-state index contributed by atoms with van der Waals surface area (Å²) in [5.74, 6) is 0.573. The third kappa shape index (κ3) is 1.23. The Morgan fingerprint density at radius 2 is 2.33 bits per heavy atom. The van der Waals surface area contributed by atoms with Crippen LogP contribution in [0.15, 0.2) is 22.8 Å².